The fraction of sp³-hybridized carbons (Fsp3) is 0.188. The standard InChI is InChI=1S/C16H15NO/c1-18-16(13-17)11-9-15(10-12-16)8-7-14-5-3-2-4-6-14/h2-11H,12H2,1H3. The molecule has 0 spiro atoms. The highest BCUT2D eigenvalue weighted by Crippen LogP contribution is 2.24. The highest BCUT2D eigenvalue weighted by atomic mass is 16.5. The number of benzene rings is 1. The molecular weight excluding hydrogens is 222 g/mol. The average Bonchev–Trinajstić information content (AvgIpc) is 2.47. The van der Waals surface area contributed by atoms with Gasteiger partial charge in [0.2, 0.25) is 0 Å². The van der Waals surface area contributed by atoms with Gasteiger partial charge in [-0.2, -0.15) is 5.26 Å². The third-order valence-corrected chi connectivity index (χ3v) is 3.01. The van der Waals surface area contributed by atoms with Gasteiger partial charge in [0.05, 0.1) is 0 Å². The van der Waals surface area contributed by atoms with Crippen LogP contribution in [0.5, 0.6) is 0 Å². The van der Waals surface area contributed by atoms with E-state index in [1.165, 1.54) is 0 Å². The summed E-state index contributed by atoms with van der Waals surface area (Å²) in [7, 11) is 1.56. The molecule has 0 saturated carbocycles. The normalized spacial score (nSPS) is 22.8. The molecule has 0 amide bonds. The van der Waals surface area contributed by atoms with Crippen LogP contribution in [0.1, 0.15) is 12.0 Å². The first-order valence-corrected chi connectivity index (χ1v) is 5.87. The third-order valence-electron chi connectivity index (χ3n) is 3.01. The van der Waals surface area contributed by atoms with Gasteiger partial charge in [-0.1, -0.05) is 54.6 Å². The number of ether oxygens (including phenoxy) is 1. The van der Waals surface area contributed by atoms with E-state index in [0.29, 0.717) is 6.42 Å². The van der Waals surface area contributed by atoms with Gasteiger partial charge in [0.25, 0.3) is 0 Å². The summed E-state index contributed by atoms with van der Waals surface area (Å²) in [5, 5.41) is 9.06. The van der Waals surface area contributed by atoms with E-state index < -0.39 is 5.60 Å². The quantitative estimate of drug-likeness (QED) is 0.806. The number of methoxy groups -OCH3 is 1. The Morgan fingerprint density at radius 2 is 2.06 bits per heavy atom. The van der Waals surface area contributed by atoms with Crippen molar-refractivity contribution in [3.63, 3.8) is 0 Å². The second-order valence-corrected chi connectivity index (χ2v) is 4.19. The maximum atomic E-state index is 9.06. The van der Waals surface area contributed by atoms with Crippen LogP contribution >= 0.6 is 0 Å². The SMILES string of the molecule is COC1(C#N)C=CC(C=Cc2ccccc2)=CC1. The summed E-state index contributed by atoms with van der Waals surface area (Å²) in [6.07, 6.45) is 10.5. The van der Waals surface area contributed by atoms with Gasteiger partial charge in [0.1, 0.15) is 6.07 Å². The van der Waals surface area contributed by atoms with Crippen LogP contribution in [0.25, 0.3) is 6.08 Å². The molecule has 1 aromatic rings. The van der Waals surface area contributed by atoms with E-state index in [4.69, 9.17) is 10.00 Å². The smallest absolute Gasteiger partial charge is 0.176 e. The summed E-state index contributed by atoms with van der Waals surface area (Å²) < 4.78 is 5.22. The van der Waals surface area contributed by atoms with Crippen LogP contribution in [0.2, 0.25) is 0 Å². The average molecular weight is 237 g/mol. The van der Waals surface area contributed by atoms with Crippen molar-refractivity contribution in [2.75, 3.05) is 7.11 Å². The predicted octanol–water partition coefficient (Wildman–Crippen LogP) is 3.49. The molecule has 2 heteroatoms. The third kappa shape index (κ3) is 2.77. The Labute approximate surface area is 108 Å². The fourth-order valence-electron chi connectivity index (χ4n) is 1.80. The number of allylic oxidation sites excluding steroid dienone is 3. The Kier molecular flexibility index (Phi) is 3.76. The summed E-state index contributed by atoms with van der Waals surface area (Å²) in [5.74, 6) is 0. The molecule has 1 aliphatic carbocycles. The van der Waals surface area contributed by atoms with Gasteiger partial charge in [0.15, 0.2) is 5.60 Å². The van der Waals surface area contributed by atoms with Crippen molar-refractivity contribution in [3.8, 4) is 6.07 Å². The van der Waals surface area contributed by atoms with E-state index in [-0.39, 0.29) is 0 Å². The zero-order chi connectivity index (χ0) is 12.8. The van der Waals surface area contributed by atoms with E-state index in [1.54, 1.807) is 7.11 Å². The van der Waals surface area contributed by atoms with Crippen molar-refractivity contribution in [3.05, 3.63) is 65.8 Å². The zero-order valence-electron chi connectivity index (χ0n) is 10.3. The molecule has 90 valence electrons. The molecule has 1 aromatic carbocycles. The highest BCUT2D eigenvalue weighted by Gasteiger charge is 2.26. The van der Waals surface area contributed by atoms with Gasteiger partial charge in [-0.15, -0.1) is 0 Å². The largest absolute Gasteiger partial charge is 0.359 e. The minimum atomic E-state index is -0.788. The maximum absolute atomic E-state index is 9.06. The first-order chi connectivity index (χ1) is 8.78. The van der Waals surface area contributed by atoms with Crippen LogP contribution in [0.15, 0.2) is 60.2 Å². The molecular formula is C16H15NO. The molecule has 0 aliphatic heterocycles. The first kappa shape index (κ1) is 12.3. The van der Waals surface area contributed by atoms with Gasteiger partial charge in [-0.25, -0.2) is 0 Å². The van der Waals surface area contributed by atoms with Gasteiger partial charge in [-0.05, 0) is 17.2 Å². The number of rotatable bonds is 3. The number of nitriles is 1. The van der Waals surface area contributed by atoms with E-state index in [2.05, 4.69) is 24.3 Å². The van der Waals surface area contributed by atoms with Crippen molar-refractivity contribution in [2.45, 2.75) is 12.0 Å². The monoisotopic (exact) mass is 237 g/mol. The summed E-state index contributed by atoms with van der Waals surface area (Å²) in [5.41, 5.74) is 1.47. The molecule has 0 radical (unpaired) electrons. The van der Waals surface area contributed by atoms with Crippen LogP contribution < -0.4 is 0 Å². The van der Waals surface area contributed by atoms with Crippen LogP contribution in [0.3, 0.4) is 0 Å². The first-order valence-electron chi connectivity index (χ1n) is 5.87. The Balaban J connectivity index is 2.07. The molecule has 0 N–H and O–H groups in total. The van der Waals surface area contributed by atoms with Crippen molar-refractivity contribution in [1.29, 1.82) is 5.26 Å². The number of nitrogens with zero attached hydrogens (tertiary/aromatic N) is 1. The molecule has 0 heterocycles. The molecule has 0 bridgehead atoms. The predicted molar refractivity (Wildman–Crippen MR) is 72.7 cm³/mol. The molecule has 0 fully saturated rings. The Bertz CT molecular complexity index is 534. The van der Waals surface area contributed by atoms with Crippen LogP contribution in [0.4, 0.5) is 0 Å². The minimum absolute atomic E-state index is 0.588. The van der Waals surface area contributed by atoms with E-state index in [0.717, 1.165) is 11.1 Å². The highest BCUT2D eigenvalue weighted by molar-refractivity contribution is 5.55. The maximum Gasteiger partial charge on any atom is 0.176 e. The van der Waals surface area contributed by atoms with Gasteiger partial charge >= 0.3 is 0 Å². The lowest BCUT2D eigenvalue weighted by Gasteiger charge is -2.22. The molecule has 18 heavy (non-hydrogen) atoms. The molecule has 2 nitrogen and oxygen atoms in total. The summed E-state index contributed by atoms with van der Waals surface area (Å²) in [6.45, 7) is 0. The zero-order valence-corrected chi connectivity index (χ0v) is 10.3. The van der Waals surface area contributed by atoms with E-state index in [1.807, 2.05) is 42.5 Å². The van der Waals surface area contributed by atoms with Gasteiger partial charge in [-0.3, -0.25) is 0 Å². The number of hydrogen-bond donors (Lipinski definition) is 0. The summed E-state index contributed by atoms with van der Waals surface area (Å²) in [4.78, 5) is 0. The van der Waals surface area contributed by atoms with Crippen LogP contribution in [-0.2, 0) is 4.74 Å². The minimum Gasteiger partial charge on any atom is -0.359 e. The molecule has 1 aliphatic rings. The van der Waals surface area contributed by atoms with Crippen LogP contribution in [-0.4, -0.2) is 12.7 Å². The van der Waals surface area contributed by atoms with Crippen molar-refractivity contribution < 1.29 is 4.74 Å². The van der Waals surface area contributed by atoms with E-state index >= 15 is 0 Å². The lowest BCUT2D eigenvalue weighted by Crippen LogP contribution is -2.27. The van der Waals surface area contributed by atoms with Crippen molar-refractivity contribution >= 4 is 6.08 Å². The lowest BCUT2D eigenvalue weighted by atomic mass is 9.93. The summed E-state index contributed by atoms with van der Waals surface area (Å²) in [6, 6.07) is 12.3. The molecule has 1 unspecified atom stereocenters. The molecule has 0 saturated heterocycles. The van der Waals surface area contributed by atoms with Gasteiger partial charge < -0.3 is 4.74 Å². The Morgan fingerprint density at radius 3 is 2.61 bits per heavy atom. The number of hydrogen-bond acceptors (Lipinski definition) is 2. The lowest BCUT2D eigenvalue weighted by molar-refractivity contribution is 0.0822. The second-order valence-electron chi connectivity index (χ2n) is 4.19. The van der Waals surface area contributed by atoms with Crippen molar-refractivity contribution in [2.24, 2.45) is 0 Å². The van der Waals surface area contributed by atoms with E-state index in [9.17, 15) is 0 Å². The molecule has 2 rings (SSSR count). The molecule has 0 aromatic heterocycles. The fourth-order valence-corrected chi connectivity index (χ4v) is 1.80. The topological polar surface area (TPSA) is 33.0 Å². The van der Waals surface area contributed by atoms with Gasteiger partial charge in [0, 0.05) is 13.5 Å². The Morgan fingerprint density at radius 1 is 1.28 bits per heavy atom. The van der Waals surface area contributed by atoms with Crippen LogP contribution in [0, 0.1) is 11.3 Å². The van der Waals surface area contributed by atoms with Crippen molar-refractivity contribution in [1.82, 2.24) is 0 Å². The summed E-state index contributed by atoms with van der Waals surface area (Å²) >= 11 is 0. The Hall–Kier alpha value is -2.11. The second kappa shape index (κ2) is 5.48. The molecule has 1 atom stereocenters.